The molecule has 0 saturated carbocycles. The largest absolute Gasteiger partial charge is 0.495 e. The van der Waals surface area contributed by atoms with Crippen molar-refractivity contribution in [3.63, 3.8) is 0 Å². The van der Waals surface area contributed by atoms with Crippen molar-refractivity contribution < 1.29 is 4.74 Å². The summed E-state index contributed by atoms with van der Waals surface area (Å²) in [6.07, 6.45) is 6.57. The van der Waals surface area contributed by atoms with Crippen LogP contribution in [0.25, 0.3) is 5.03 Å². The first-order valence-corrected chi connectivity index (χ1v) is 8.05. The van der Waals surface area contributed by atoms with E-state index in [2.05, 4.69) is 18.8 Å². The molecular formula is C16H17ClN2OS. The number of thioether (sulfide) groups is 1. The highest BCUT2D eigenvalue weighted by atomic mass is 35.5. The van der Waals surface area contributed by atoms with Crippen molar-refractivity contribution in [2.24, 2.45) is 5.41 Å². The maximum absolute atomic E-state index is 5.96. The van der Waals surface area contributed by atoms with Crippen molar-refractivity contribution in [1.29, 1.82) is 0 Å². The minimum Gasteiger partial charge on any atom is -0.495 e. The third kappa shape index (κ3) is 3.11. The highest BCUT2D eigenvalue weighted by Gasteiger charge is 2.34. The van der Waals surface area contributed by atoms with Gasteiger partial charge in [-0.3, -0.25) is 4.57 Å². The van der Waals surface area contributed by atoms with E-state index in [0.717, 1.165) is 33.7 Å². The summed E-state index contributed by atoms with van der Waals surface area (Å²) in [7, 11) is 0. The van der Waals surface area contributed by atoms with Gasteiger partial charge in [0.15, 0.2) is 0 Å². The van der Waals surface area contributed by atoms with E-state index in [4.69, 9.17) is 16.3 Å². The average Bonchev–Trinajstić information content (AvgIpc) is 3.08. The van der Waals surface area contributed by atoms with Crippen molar-refractivity contribution in [1.82, 2.24) is 9.55 Å². The molecule has 0 bridgehead atoms. The Morgan fingerprint density at radius 2 is 2.10 bits per heavy atom. The molecule has 21 heavy (non-hydrogen) atoms. The Hall–Kier alpha value is -1.39. The van der Waals surface area contributed by atoms with Crippen LogP contribution in [0.1, 0.15) is 20.3 Å². The Morgan fingerprint density at radius 3 is 2.67 bits per heavy atom. The SMILES string of the molecule is CC1(C)CCOC1=C(Sc1ccc(Cl)cc1)n1ccnc1. The van der Waals surface area contributed by atoms with E-state index in [-0.39, 0.29) is 5.41 Å². The monoisotopic (exact) mass is 320 g/mol. The molecule has 0 radical (unpaired) electrons. The van der Waals surface area contributed by atoms with E-state index >= 15 is 0 Å². The molecule has 1 aromatic heterocycles. The van der Waals surface area contributed by atoms with Gasteiger partial charge in [0.05, 0.1) is 12.9 Å². The third-order valence-electron chi connectivity index (χ3n) is 3.55. The van der Waals surface area contributed by atoms with E-state index in [1.807, 2.05) is 41.4 Å². The second-order valence-corrected chi connectivity index (χ2v) is 7.14. The fourth-order valence-electron chi connectivity index (χ4n) is 2.28. The lowest BCUT2D eigenvalue weighted by atomic mass is 9.90. The fourth-order valence-corrected chi connectivity index (χ4v) is 3.54. The highest BCUT2D eigenvalue weighted by molar-refractivity contribution is 8.08. The number of imidazole rings is 1. The van der Waals surface area contributed by atoms with E-state index < -0.39 is 0 Å². The van der Waals surface area contributed by atoms with Crippen LogP contribution in [0.3, 0.4) is 0 Å². The lowest BCUT2D eigenvalue weighted by Gasteiger charge is -2.21. The number of nitrogens with zero attached hydrogens (tertiary/aromatic N) is 2. The van der Waals surface area contributed by atoms with Gasteiger partial charge in [0.1, 0.15) is 10.8 Å². The van der Waals surface area contributed by atoms with Crippen LogP contribution < -0.4 is 0 Å². The molecule has 0 spiro atoms. The molecule has 2 heterocycles. The molecule has 0 amide bonds. The van der Waals surface area contributed by atoms with Crippen LogP contribution in [0.5, 0.6) is 0 Å². The number of aromatic nitrogens is 2. The summed E-state index contributed by atoms with van der Waals surface area (Å²) in [6.45, 7) is 5.20. The second-order valence-electron chi connectivity index (χ2n) is 5.64. The van der Waals surface area contributed by atoms with Gasteiger partial charge in [-0.25, -0.2) is 4.98 Å². The van der Waals surface area contributed by atoms with Crippen LogP contribution in [-0.4, -0.2) is 16.2 Å². The molecule has 110 valence electrons. The minimum atomic E-state index is 0.0407. The summed E-state index contributed by atoms with van der Waals surface area (Å²) in [5.41, 5.74) is 0.0407. The summed E-state index contributed by atoms with van der Waals surface area (Å²) in [5.74, 6) is 1.03. The van der Waals surface area contributed by atoms with Crippen LogP contribution in [-0.2, 0) is 4.74 Å². The fraction of sp³-hybridized carbons (Fsp3) is 0.312. The zero-order chi connectivity index (χ0) is 14.9. The molecule has 3 rings (SSSR count). The highest BCUT2D eigenvalue weighted by Crippen LogP contribution is 2.45. The number of rotatable bonds is 3. The van der Waals surface area contributed by atoms with Crippen LogP contribution in [0.2, 0.25) is 5.02 Å². The molecule has 0 N–H and O–H groups in total. The van der Waals surface area contributed by atoms with E-state index in [0.29, 0.717) is 0 Å². The number of hydrogen-bond donors (Lipinski definition) is 0. The van der Waals surface area contributed by atoms with Gasteiger partial charge in [-0.05, 0) is 30.7 Å². The third-order valence-corrected chi connectivity index (χ3v) is 4.90. The van der Waals surface area contributed by atoms with Crippen LogP contribution >= 0.6 is 23.4 Å². The Morgan fingerprint density at radius 1 is 1.33 bits per heavy atom. The lowest BCUT2D eigenvalue weighted by molar-refractivity contribution is 0.252. The standard InChI is InChI=1S/C16H17ClN2OS/c1-16(2)7-10-20-14(16)15(19-9-8-18-11-19)21-13-5-3-12(17)4-6-13/h3-6,8-9,11H,7,10H2,1-2H3. The summed E-state index contributed by atoms with van der Waals surface area (Å²) in [4.78, 5) is 5.28. The van der Waals surface area contributed by atoms with Gasteiger partial charge in [-0.1, -0.05) is 37.2 Å². The number of allylic oxidation sites excluding steroid dienone is 1. The minimum absolute atomic E-state index is 0.0407. The molecule has 1 aromatic carbocycles. The number of halogens is 1. The molecular weight excluding hydrogens is 304 g/mol. The Balaban J connectivity index is 2.02. The zero-order valence-electron chi connectivity index (χ0n) is 12.0. The topological polar surface area (TPSA) is 27.1 Å². The average molecular weight is 321 g/mol. The van der Waals surface area contributed by atoms with Crippen LogP contribution in [0, 0.1) is 5.41 Å². The smallest absolute Gasteiger partial charge is 0.133 e. The van der Waals surface area contributed by atoms with Crippen molar-refractivity contribution >= 4 is 28.4 Å². The summed E-state index contributed by atoms with van der Waals surface area (Å²) in [5, 5.41) is 1.81. The van der Waals surface area contributed by atoms with Crippen molar-refractivity contribution in [2.75, 3.05) is 6.61 Å². The molecule has 3 nitrogen and oxygen atoms in total. The van der Waals surface area contributed by atoms with Gasteiger partial charge in [0.25, 0.3) is 0 Å². The first kappa shape index (κ1) is 14.5. The quantitative estimate of drug-likeness (QED) is 0.752. The van der Waals surface area contributed by atoms with Gasteiger partial charge in [0, 0.05) is 27.7 Å². The van der Waals surface area contributed by atoms with E-state index in [9.17, 15) is 0 Å². The van der Waals surface area contributed by atoms with Gasteiger partial charge in [0.2, 0.25) is 0 Å². The molecule has 2 aromatic rings. The van der Waals surface area contributed by atoms with Gasteiger partial charge in [-0.2, -0.15) is 0 Å². The van der Waals surface area contributed by atoms with E-state index in [1.165, 1.54) is 0 Å². The Labute approximate surface area is 134 Å². The number of benzene rings is 1. The van der Waals surface area contributed by atoms with Gasteiger partial charge in [-0.15, -0.1) is 0 Å². The normalized spacial score (nSPS) is 19.4. The first-order chi connectivity index (χ1) is 10.1. The number of ether oxygens (including phenoxy) is 1. The number of hydrogen-bond acceptors (Lipinski definition) is 3. The molecule has 5 heteroatoms. The second kappa shape index (κ2) is 5.78. The molecule has 0 unspecified atom stereocenters. The molecule has 0 aliphatic carbocycles. The maximum atomic E-state index is 5.96. The predicted molar refractivity (Wildman–Crippen MR) is 87.1 cm³/mol. The van der Waals surface area contributed by atoms with Crippen molar-refractivity contribution in [2.45, 2.75) is 25.2 Å². The van der Waals surface area contributed by atoms with Crippen molar-refractivity contribution in [3.8, 4) is 0 Å². The van der Waals surface area contributed by atoms with Gasteiger partial charge >= 0.3 is 0 Å². The molecule has 1 aliphatic rings. The Bertz CT molecular complexity index is 647. The Kier molecular flexibility index (Phi) is 4.00. The summed E-state index contributed by atoms with van der Waals surface area (Å²) >= 11 is 7.63. The van der Waals surface area contributed by atoms with Crippen molar-refractivity contribution in [3.05, 3.63) is 53.8 Å². The zero-order valence-corrected chi connectivity index (χ0v) is 13.6. The summed E-state index contributed by atoms with van der Waals surface area (Å²) in [6, 6.07) is 7.85. The molecule has 1 fully saturated rings. The van der Waals surface area contributed by atoms with E-state index in [1.54, 1.807) is 18.0 Å². The van der Waals surface area contributed by atoms with Crippen LogP contribution in [0.15, 0.2) is 53.6 Å². The molecule has 0 atom stereocenters. The predicted octanol–water partition coefficient (Wildman–Crippen LogP) is 4.90. The molecule has 1 saturated heterocycles. The van der Waals surface area contributed by atoms with Crippen LogP contribution in [0.4, 0.5) is 0 Å². The maximum Gasteiger partial charge on any atom is 0.133 e. The van der Waals surface area contributed by atoms with Gasteiger partial charge < -0.3 is 4.74 Å². The lowest BCUT2D eigenvalue weighted by Crippen LogP contribution is -2.11. The molecule has 1 aliphatic heterocycles. The first-order valence-electron chi connectivity index (χ1n) is 6.85. The summed E-state index contributed by atoms with van der Waals surface area (Å²) < 4.78 is 7.95.